The zero-order valence-electron chi connectivity index (χ0n) is 11.2. The van der Waals surface area contributed by atoms with Crippen LogP contribution in [0.3, 0.4) is 0 Å². The molecule has 0 atom stereocenters. The van der Waals surface area contributed by atoms with E-state index in [1.54, 1.807) is 18.2 Å². The third-order valence-corrected chi connectivity index (χ3v) is 2.67. The average molecular weight is 292 g/mol. The molecule has 0 amide bonds. The van der Waals surface area contributed by atoms with Crippen LogP contribution in [-0.2, 0) is 0 Å². The van der Waals surface area contributed by atoms with Gasteiger partial charge in [-0.3, -0.25) is 14.9 Å². The van der Waals surface area contributed by atoms with Crippen molar-refractivity contribution in [1.29, 1.82) is 0 Å². The largest absolute Gasteiger partial charge is 0.497 e. The zero-order valence-corrected chi connectivity index (χ0v) is 11.2. The fourth-order valence-electron chi connectivity index (χ4n) is 1.68. The van der Waals surface area contributed by atoms with Crippen LogP contribution >= 0.6 is 0 Å². The minimum Gasteiger partial charge on any atom is -0.497 e. The Morgan fingerprint density at radius 2 is 2.10 bits per heavy atom. The molecule has 110 valence electrons. The monoisotopic (exact) mass is 292 g/mol. The summed E-state index contributed by atoms with van der Waals surface area (Å²) in [6.45, 7) is 0. The molecule has 0 bridgehead atoms. The number of nitro groups is 1. The van der Waals surface area contributed by atoms with Crippen LogP contribution in [0.4, 0.5) is 17.2 Å². The summed E-state index contributed by atoms with van der Waals surface area (Å²) in [6, 6.07) is 4.84. The first-order valence-electron chi connectivity index (χ1n) is 5.78. The van der Waals surface area contributed by atoms with E-state index in [1.807, 2.05) is 0 Å². The summed E-state index contributed by atoms with van der Waals surface area (Å²) in [6.07, 6.45) is 1.08. The van der Waals surface area contributed by atoms with E-state index >= 15 is 0 Å². The van der Waals surface area contributed by atoms with Gasteiger partial charge in [-0.2, -0.15) is 0 Å². The van der Waals surface area contributed by atoms with Gasteiger partial charge in [-0.25, -0.2) is 4.98 Å². The van der Waals surface area contributed by atoms with Crippen molar-refractivity contribution < 1.29 is 14.4 Å². The summed E-state index contributed by atoms with van der Waals surface area (Å²) in [5, 5.41) is 13.7. The van der Waals surface area contributed by atoms with Gasteiger partial charge in [-0.15, -0.1) is 0 Å². The summed E-state index contributed by atoms with van der Waals surface area (Å²) < 4.78 is 10.2. The van der Waals surface area contributed by atoms with Gasteiger partial charge in [0, 0.05) is 6.07 Å². The number of hydrogen-bond donors (Lipinski definition) is 2. The number of ether oxygens (including phenoxy) is 2. The van der Waals surface area contributed by atoms with Crippen molar-refractivity contribution in [2.24, 2.45) is 0 Å². The van der Waals surface area contributed by atoms with Crippen LogP contribution in [0.5, 0.6) is 11.5 Å². The Morgan fingerprint density at radius 3 is 2.71 bits per heavy atom. The second-order valence-corrected chi connectivity index (χ2v) is 3.88. The number of nitrogens with one attached hydrogen (secondary N) is 2. The molecule has 2 N–H and O–H groups in total. The van der Waals surface area contributed by atoms with E-state index in [9.17, 15) is 14.9 Å². The first-order chi connectivity index (χ1) is 10.1. The summed E-state index contributed by atoms with van der Waals surface area (Å²) in [4.78, 5) is 27.6. The minimum atomic E-state index is -0.843. The maximum atomic E-state index is 11.5. The topological polar surface area (TPSA) is 119 Å². The SMILES string of the molecule is COc1ccc(Nc2nc[nH]c(=O)c2[N+](=O)[O-])c(OC)c1. The molecule has 0 saturated heterocycles. The van der Waals surface area contributed by atoms with Crippen molar-refractivity contribution in [1.82, 2.24) is 9.97 Å². The number of rotatable bonds is 5. The van der Waals surface area contributed by atoms with E-state index in [2.05, 4.69) is 15.3 Å². The van der Waals surface area contributed by atoms with E-state index in [-0.39, 0.29) is 5.82 Å². The van der Waals surface area contributed by atoms with E-state index in [0.29, 0.717) is 17.2 Å². The molecule has 0 fully saturated rings. The molecule has 1 heterocycles. The van der Waals surface area contributed by atoms with Crippen molar-refractivity contribution in [2.45, 2.75) is 0 Å². The van der Waals surface area contributed by atoms with Gasteiger partial charge < -0.3 is 19.8 Å². The number of aromatic nitrogens is 2. The maximum absolute atomic E-state index is 11.5. The lowest BCUT2D eigenvalue weighted by molar-refractivity contribution is -0.385. The van der Waals surface area contributed by atoms with Crippen molar-refractivity contribution in [3.05, 3.63) is 45.0 Å². The van der Waals surface area contributed by atoms with E-state index in [0.717, 1.165) is 6.33 Å². The zero-order chi connectivity index (χ0) is 15.4. The van der Waals surface area contributed by atoms with Gasteiger partial charge >= 0.3 is 11.2 Å². The minimum absolute atomic E-state index is 0.174. The molecular weight excluding hydrogens is 280 g/mol. The predicted octanol–water partition coefficient (Wildman–Crippen LogP) is 1.44. The third kappa shape index (κ3) is 2.91. The highest BCUT2D eigenvalue weighted by atomic mass is 16.6. The third-order valence-electron chi connectivity index (χ3n) is 2.67. The lowest BCUT2D eigenvalue weighted by Gasteiger charge is -2.11. The normalized spacial score (nSPS) is 10.0. The molecular formula is C12H12N4O5. The highest BCUT2D eigenvalue weighted by Gasteiger charge is 2.21. The molecule has 2 rings (SSSR count). The lowest BCUT2D eigenvalue weighted by atomic mass is 10.2. The van der Waals surface area contributed by atoms with Crippen LogP contribution in [0.2, 0.25) is 0 Å². The summed E-state index contributed by atoms with van der Waals surface area (Å²) >= 11 is 0. The second-order valence-electron chi connectivity index (χ2n) is 3.88. The summed E-state index contributed by atoms with van der Waals surface area (Å²) in [5.74, 6) is 0.781. The first kappa shape index (κ1) is 14.3. The molecule has 0 spiro atoms. The van der Waals surface area contributed by atoms with Crippen LogP contribution in [0.1, 0.15) is 0 Å². The number of aromatic amines is 1. The Hall–Kier alpha value is -3.10. The first-order valence-corrected chi connectivity index (χ1v) is 5.78. The van der Waals surface area contributed by atoms with E-state index in [4.69, 9.17) is 9.47 Å². The van der Waals surface area contributed by atoms with Crippen LogP contribution in [0, 0.1) is 10.1 Å². The standard InChI is InChI=1S/C12H12N4O5/c1-20-7-3-4-8(9(5-7)21-2)15-11-10(16(18)19)12(17)14-6-13-11/h3-6H,1-2H3,(H2,13,14,15,17). The molecule has 1 aromatic heterocycles. The Labute approximate surface area is 118 Å². The van der Waals surface area contributed by atoms with Crippen LogP contribution in [0.15, 0.2) is 29.3 Å². The van der Waals surface area contributed by atoms with Crippen molar-refractivity contribution in [3.8, 4) is 11.5 Å². The number of nitrogens with zero attached hydrogens (tertiary/aromatic N) is 2. The highest BCUT2D eigenvalue weighted by molar-refractivity contribution is 5.70. The summed E-state index contributed by atoms with van der Waals surface area (Å²) in [5.41, 5.74) is -1.10. The maximum Gasteiger partial charge on any atom is 0.376 e. The second kappa shape index (κ2) is 5.90. The lowest BCUT2D eigenvalue weighted by Crippen LogP contribution is -2.14. The molecule has 21 heavy (non-hydrogen) atoms. The van der Waals surface area contributed by atoms with Gasteiger partial charge in [0.25, 0.3) is 0 Å². The van der Waals surface area contributed by atoms with Gasteiger partial charge in [0.2, 0.25) is 5.82 Å². The number of methoxy groups -OCH3 is 2. The molecule has 1 aromatic carbocycles. The molecule has 2 aromatic rings. The van der Waals surface area contributed by atoms with Gasteiger partial charge in [-0.05, 0) is 12.1 Å². The van der Waals surface area contributed by atoms with E-state index < -0.39 is 16.2 Å². The van der Waals surface area contributed by atoms with E-state index in [1.165, 1.54) is 14.2 Å². The molecule has 9 nitrogen and oxygen atoms in total. The molecule has 9 heteroatoms. The van der Waals surface area contributed by atoms with Gasteiger partial charge in [0.1, 0.15) is 11.5 Å². The average Bonchev–Trinajstić information content (AvgIpc) is 2.47. The fourth-order valence-corrected chi connectivity index (χ4v) is 1.68. The Balaban J connectivity index is 2.46. The highest BCUT2D eigenvalue weighted by Crippen LogP contribution is 2.32. The van der Waals surface area contributed by atoms with Crippen LogP contribution in [0.25, 0.3) is 0 Å². The molecule has 0 saturated carbocycles. The molecule has 0 aliphatic heterocycles. The quantitative estimate of drug-likeness (QED) is 0.632. The molecule has 0 radical (unpaired) electrons. The molecule has 0 aliphatic rings. The summed E-state index contributed by atoms with van der Waals surface area (Å²) in [7, 11) is 2.95. The number of anilines is 2. The van der Waals surface area contributed by atoms with Crippen molar-refractivity contribution in [2.75, 3.05) is 19.5 Å². The Morgan fingerprint density at radius 1 is 1.33 bits per heavy atom. The van der Waals surface area contributed by atoms with Crippen molar-refractivity contribution >= 4 is 17.2 Å². The van der Waals surface area contributed by atoms with Gasteiger partial charge in [0.15, 0.2) is 0 Å². The molecule has 0 unspecified atom stereocenters. The van der Waals surface area contributed by atoms with Crippen LogP contribution < -0.4 is 20.3 Å². The van der Waals surface area contributed by atoms with Crippen molar-refractivity contribution in [3.63, 3.8) is 0 Å². The fraction of sp³-hybridized carbons (Fsp3) is 0.167. The van der Waals surface area contributed by atoms with Gasteiger partial charge in [0.05, 0.1) is 31.2 Å². The van der Waals surface area contributed by atoms with Crippen LogP contribution in [-0.4, -0.2) is 29.1 Å². The smallest absolute Gasteiger partial charge is 0.376 e. The Bertz CT molecular complexity index is 728. The number of benzene rings is 1. The Kier molecular flexibility index (Phi) is 4.02. The molecule has 0 aliphatic carbocycles. The predicted molar refractivity (Wildman–Crippen MR) is 74.3 cm³/mol. The number of H-pyrrole nitrogens is 1. The van der Waals surface area contributed by atoms with Gasteiger partial charge in [-0.1, -0.05) is 0 Å². The number of hydrogen-bond acceptors (Lipinski definition) is 7.